The molecular weight excluding hydrogens is 819 g/mol. The van der Waals surface area contributed by atoms with Crippen molar-refractivity contribution in [1.82, 2.24) is 46.5 Å². The highest BCUT2D eigenvalue weighted by molar-refractivity contribution is 5.87. The van der Waals surface area contributed by atoms with Gasteiger partial charge in [0, 0.05) is 25.6 Å². The molecule has 2 fully saturated rings. The third kappa shape index (κ3) is 11.3. The zero-order chi connectivity index (χ0) is 44.7. The molecule has 17 nitrogen and oxygen atoms in total. The van der Waals surface area contributed by atoms with Crippen LogP contribution in [-0.4, -0.2) is 104 Å². The molecule has 7 rings (SSSR count). The molecular formula is C47H67N9O8. The number of imidazole rings is 2. The zero-order valence-electron chi connectivity index (χ0n) is 37.5. The molecule has 4 amide bonds. The molecule has 8 N–H and O–H groups in total. The van der Waals surface area contributed by atoms with Crippen LogP contribution >= 0.6 is 0 Å². The number of carbonyl (C=O) groups is 5. The molecule has 17 heteroatoms. The van der Waals surface area contributed by atoms with Gasteiger partial charge < -0.3 is 51.1 Å². The summed E-state index contributed by atoms with van der Waals surface area (Å²) in [6.07, 6.45) is 9.98. The van der Waals surface area contributed by atoms with Crippen molar-refractivity contribution >= 4 is 30.0 Å². The number of likely N-dealkylation sites (tertiary alicyclic amines) is 2. The van der Waals surface area contributed by atoms with Crippen LogP contribution in [0.5, 0.6) is 0 Å². The van der Waals surface area contributed by atoms with Crippen LogP contribution in [0.25, 0.3) is 33.6 Å². The van der Waals surface area contributed by atoms with E-state index in [0.717, 1.165) is 98.0 Å². The molecule has 0 spiro atoms. The molecule has 4 aromatic rings. The van der Waals surface area contributed by atoms with E-state index in [2.05, 4.69) is 57.0 Å². The summed E-state index contributed by atoms with van der Waals surface area (Å²) in [7, 11) is 2.60. The summed E-state index contributed by atoms with van der Waals surface area (Å²) in [4.78, 5) is 80.7. The second-order valence-corrected chi connectivity index (χ2v) is 16.9. The lowest BCUT2D eigenvalue weighted by Crippen LogP contribution is -2.51. The monoisotopic (exact) mass is 886 g/mol. The Hall–Kier alpha value is -6.23. The molecule has 2 aliphatic heterocycles. The highest BCUT2D eigenvalue weighted by Gasteiger charge is 2.39. The van der Waals surface area contributed by atoms with E-state index < -0.39 is 30.2 Å². The van der Waals surface area contributed by atoms with Crippen molar-refractivity contribution in [3.63, 3.8) is 0 Å². The SMILES string of the molecule is C.CC(=O)O.COC(=O)NC(C(=O)N1CCC[C@H]1c1ncc(-c2ccc(-c3ccc(-c4cnc([C@@H]5CCCN5C(=O)[C@@H](NC(=O)OC)C(C)C)[nH]4)c4c3CCCC4)cc2)[nH]1)C(C)C.N. The lowest BCUT2D eigenvalue weighted by Gasteiger charge is -2.30. The van der Waals surface area contributed by atoms with Crippen molar-refractivity contribution in [2.24, 2.45) is 11.8 Å². The number of nitrogens with zero attached hydrogens (tertiary/aromatic N) is 4. The number of carboxylic acids is 1. The first-order chi connectivity index (χ1) is 29.7. The fraction of sp³-hybridized carbons (Fsp3) is 0.511. The van der Waals surface area contributed by atoms with Crippen LogP contribution in [0.4, 0.5) is 9.59 Å². The fourth-order valence-corrected chi connectivity index (χ4v) is 8.90. The van der Waals surface area contributed by atoms with Crippen LogP contribution in [0.15, 0.2) is 48.8 Å². The molecule has 0 bridgehead atoms. The fourth-order valence-electron chi connectivity index (χ4n) is 8.90. The van der Waals surface area contributed by atoms with Crippen LogP contribution < -0.4 is 16.8 Å². The molecule has 3 aliphatic rings. The minimum absolute atomic E-state index is 0. The van der Waals surface area contributed by atoms with Gasteiger partial charge in [0.25, 0.3) is 5.97 Å². The van der Waals surface area contributed by atoms with Gasteiger partial charge in [-0.3, -0.25) is 14.4 Å². The predicted molar refractivity (Wildman–Crippen MR) is 244 cm³/mol. The summed E-state index contributed by atoms with van der Waals surface area (Å²) < 4.78 is 9.57. The Bertz CT molecular complexity index is 2230. The highest BCUT2D eigenvalue weighted by Crippen LogP contribution is 2.40. The number of nitrogens with one attached hydrogen (secondary N) is 4. The first kappa shape index (κ1) is 50.4. The van der Waals surface area contributed by atoms with Crippen LogP contribution in [0.3, 0.4) is 0 Å². The van der Waals surface area contributed by atoms with E-state index in [1.807, 2.05) is 49.9 Å². The van der Waals surface area contributed by atoms with Crippen molar-refractivity contribution in [1.29, 1.82) is 0 Å². The lowest BCUT2D eigenvalue weighted by atomic mass is 9.82. The number of rotatable bonds is 11. The molecule has 2 saturated heterocycles. The first-order valence-corrected chi connectivity index (χ1v) is 21.6. The average Bonchev–Trinajstić information content (AvgIpc) is 4.10. The van der Waals surface area contributed by atoms with Crippen molar-refractivity contribution in [3.8, 4) is 33.6 Å². The van der Waals surface area contributed by atoms with Crippen LogP contribution in [-0.2, 0) is 36.7 Å². The number of methoxy groups -OCH3 is 2. The van der Waals surface area contributed by atoms with Gasteiger partial charge in [0.2, 0.25) is 11.8 Å². The van der Waals surface area contributed by atoms with E-state index in [1.54, 1.807) is 0 Å². The van der Waals surface area contributed by atoms with Crippen molar-refractivity contribution in [2.45, 2.75) is 118 Å². The number of aromatic nitrogens is 4. The Morgan fingerprint density at radius 3 is 1.53 bits per heavy atom. The third-order valence-electron chi connectivity index (χ3n) is 12.0. The van der Waals surface area contributed by atoms with Gasteiger partial charge in [-0.1, -0.05) is 71.5 Å². The van der Waals surface area contributed by atoms with Gasteiger partial charge in [0.05, 0.1) is 50.1 Å². The van der Waals surface area contributed by atoms with Crippen molar-refractivity contribution < 1.29 is 38.6 Å². The number of ether oxygens (including phenoxy) is 2. The van der Waals surface area contributed by atoms with Gasteiger partial charge in [0.15, 0.2) is 0 Å². The van der Waals surface area contributed by atoms with E-state index in [0.29, 0.717) is 13.1 Å². The summed E-state index contributed by atoms with van der Waals surface area (Å²) in [5, 5.41) is 12.9. The van der Waals surface area contributed by atoms with E-state index in [4.69, 9.17) is 29.3 Å². The van der Waals surface area contributed by atoms with Crippen molar-refractivity contribution in [3.05, 3.63) is 71.6 Å². The zero-order valence-corrected chi connectivity index (χ0v) is 37.5. The van der Waals surface area contributed by atoms with Gasteiger partial charge in [-0.2, -0.15) is 0 Å². The second-order valence-electron chi connectivity index (χ2n) is 16.9. The molecule has 0 saturated carbocycles. The number of fused-ring (bicyclic) bond motifs is 1. The van der Waals surface area contributed by atoms with Gasteiger partial charge in [-0.05, 0) is 91.0 Å². The molecule has 2 aromatic heterocycles. The summed E-state index contributed by atoms with van der Waals surface area (Å²) in [5.41, 5.74) is 9.02. The molecule has 0 radical (unpaired) electrons. The lowest BCUT2D eigenvalue weighted by molar-refractivity contribution is -0.136. The largest absolute Gasteiger partial charge is 0.481 e. The number of benzene rings is 2. The summed E-state index contributed by atoms with van der Waals surface area (Å²) in [6.45, 7) is 9.94. The maximum Gasteiger partial charge on any atom is 0.407 e. The van der Waals surface area contributed by atoms with Crippen LogP contribution in [0.2, 0.25) is 0 Å². The Labute approximate surface area is 376 Å². The molecule has 1 unspecified atom stereocenters. The summed E-state index contributed by atoms with van der Waals surface area (Å²) in [5.74, 6) is 0.198. The van der Waals surface area contributed by atoms with Crippen molar-refractivity contribution in [2.75, 3.05) is 27.3 Å². The normalized spacial score (nSPS) is 17.5. The number of carboxylic acid groups (broad SMARTS) is 1. The topological polar surface area (TPSA) is 247 Å². The smallest absolute Gasteiger partial charge is 0.407 e. The van der Waals surface area contributed by atoms with Gasteiger partial charge in [0.1, 0.15) is 23.7 Å². The second kappa shape index (κ2) is 22.4. The number of hydrogen-bond acceptors (Lipinski definition) is 10. The first-order valence-electron chi connectivity index (χ1n) is 21.6. The average molecular weight is 886 g/mol. The number of amides is 4. The minimum Gasteiger partial charge on any atom is -0.481 e. The quantitative estimate of drug-likeness (QED) is 0.0842. The molecule has 1 aliphatic carbocycles. The Balaban J connectivity index is 0.00000144. The molecule has 64 heavy (non-hydrogen) atoms. The minimum atomic E-state index is -0.833. The number of alkyl carbamates (subject to hydrolysis) is 2. The van der Waals surface area contributed by atoms with Gasteiger partial charge in [-0.15, -0.1) is 0 Å². The van der Waals surface area contributed by atoms with E-state index >= 15 is 0 Å². The maximum atomic E-state index is 13.7. The van der Waals surface area contributed by atoms with Crippen LogP contribution in [0.1, 0.15) is 115 Å². The standard InChI is InChI=1S/C44H56N8O6.C2H4O2.CH4.H3N/c1-25(2)37(49-43(55)57-5)41(53)51-21-9-13-35(51)39-45-23-33(47-39)28-17-15-27(16-18-28)29-19-20-32(31-12-8-7-11-30(29)31)34-24-46-40(48-34)36-14-10-22-52(36)42(54)38(26(3)4)50-44(56)58-6;1-2(3)4;;/h15-20,23-26,35-38H,7-14,21-22H2,1-6H3,(H,45,47)(H,46,48)(H,49,55)(H,50,56);1H3,(H,3,4);1H4;1H3/t35-,36-,37?,38-;;;/m0.../s1. The Morgan fingerprint density at radius 2 is 1.08 bits per heavy atom. The number of aliphatic carboxylic acids is 1. The van der Waals surface area contributed by atoms with Gasteiger partial charge >= 0.3 is 12.2 Å². The van der Waals surface area contributed by atoms with E-state index in [1.165, 1.54) is 30.9 Å². The number of H-pyrrole nitrogens is 2. The predicted octanol–water partition coefficient (Wildman–Crippen LogP) is 7.99. The Kier molecular flexibility index (Phi) is 17.7. The van der Waals surface area contributed by atoms with E-state index in [9.17, 15) is 19.2 Å². The highest BCUT2D eigenvalue weighted by atomic mass is 16.5. The molecule has 4 atom stereocenters. The number of aromatic amines is 2. The molecule has 2 aromatic carbocycles. The maximum absolute atomic E-state index is 13.7. The number of carbonyl (C=O) groups excluding carboxylic acids is 4. The summed E-state index contributed by atoms with van der Waals surface area (Å²) >= 11 is 0. The third-order valence-corrected chi connectivity index (χ3v) is 12.0. The molecule has 348 valence electrons. The Morgan fingerprint density at radius 1 is 0.672 bits per heavy atom. The summed E-state index contributed by atoms with van der Waals surface area (Å²) in [6, 6.07) is 11.2. The van der Waals surface area contributed by atoms with Gasteiger partial charge in [-0.25, -0.2) is 19.6 Å². The van der Waals surface area contributed by atoms with E-state index in [-0.39, 0.29) is 49.3 Å². The van der Waals surface area contributed by atoms with Crippen LogP contribution in [0, 0.1) is 11.8 Å². The number of hydrogen-bond donors (Lipinski definition) is 6. The molecule has 4 heterocycles.